The second-order valence-electron chi connectivity index (χ2n) is 5.52. The van der Waals surface area contributed by atoms with Crippen molar-refractivity contribution in [2.45, 2.75) is 32.7 Å². The minimum absolute atomic E-state index is 0.0153. The zero-order valence-electron chi connectivity index (χ0n) is 11.9. The standard InChI is InChI=1S/C15H21N3O2/c1-10(2)13-7-4-8-18(13)15(19)12-6-3-5-11(9-12)14(16)17-20/h3,5-6,9-10,13,20H,4,7-8H2,1-2H3,(H2,16,17). The van der Waals surface area contributed by atoms with E-state index in [2.05, 4.69) is 19.0 Å². The Kier molecular flexibility index (Phi) is 4.27. The van der Waals surface area contributed by atoms with Crippen molar-refractivity contribution in [3.05, 3.63) is 35.4 Å². The van der Waals surface area contributed by atoms with Crippen LogP contribution in [0, 0.1) is 5.92 Å². The summed E-state index contributed by atoms with van der Waals surface area (Å²) < 4.78 is 0. The van der Waals surface area contributed by atoms with Crippen LogP contribution in [0.2, 0.25) is 0 Å². The van der Waals surface area contributed by atoms with E-state index < -0.39 is 0 Å². The van der Waals surface area contributed by atoms with E-state index in [-0.39, 0.29) is 11.7 Å². The number of amidine groups is 1. The third-order valence-corrected chi connectivity index (χ3v) is 3.84. The van der Waals surface area contributed by atoms with Gasteiger partial charge in [0.25, 0.3) is 5.91 Å². The Balaban J connectivity index is 2.25. The second-order valence-corrected chi connectivity index (χ2v) is 5.52. The molecule has 0 aliphatic carbocycles. The highest BCUT2D eigenvalue weighted by atomic mass is 16.4. The van der Waals surface area contributed by atoms with Crippen molar-refractivity contribution in [1.82, 2.24) is 4.90 Å². The number of hydrogen-bond donors (Lipinski definition) is 2. The molecule has 5 heteroatoms. The van der Waals surface area contributed by atoms with Gasteiger partial charge in [0.05, 0.1) is 0 Å². The first-order chi connectivity index (χ1) is 9.54. The molecule has 1 atom stereocenters. The van der Waals surface area contributed by atoms with Gasteiger partial charge in [-0.25, -0.2) is 0 Å². The van der Waals surface area contributed by atoms with Crippen molar-refractivity contribution >= 4 is 11.7 Å². The number of carbonyl (C=O) groups excluding carboxylic acids is 1. The van der Waals surface area contributed by atoms with Crippen molar-refractivity contribution in [3.63, 3.8) is 0 Å². The molecule has 1 aromatic carbocycles. The van der Waals surface area contributed by atoms with E-state index in [4.69, 9.17) is 10.9 Å². The smallest absolute Gasteiger partial charge is 0.254 e. The average molecular weight is 275 g/mol. The molecule has 0 saturated carbocycles. The highest BCUT2D eigenvalue weighted by Crippen LogP contribution is 2.25. The number of amides is 1. The molecule has 1 aromatic rings. The molecule has 1 saturated heterocycles. The molecular weight excluding hydrogens is 254 g/mol. The van der Waals surface area contributed by atoms with E-state index in [1.54, 1.807) is 24.3 Å². The van der Waals surface area contributed by atoms with Crippen LogP contribution in [0.25, 0.3) is 0 Å². The fourth-order valence-corrected chi connectivity index (χ4v) is 2.77. The molecular formula is C15H21N3O2. The van der Waals surface area contributed by atoms with Gasteiger partial charge in [-0.05, 0) is 30.9 Å². The molecule has 1 unspecified atom stereocenters. The van der Waals surface area contributed by atoms with Crippen LogP contribution in [0.4, 0.5) is 0 Å². The summed E-state index contributed by atoms with van der Waals surface area (Å²) in [7, 11) is 0. The van der Waals surface area contributed by atoms with Gasteiger partial charge in [-0.2, -0.15) is 0 Å². The lowest BCUT2D eigenvalue weighted by molar-refractivity contribution is 0.0701. The molecule has 5 nitrogen and oxygen atoms in total. The molecule has 108 valence electrons. The van der Waals surface area contributed by atoms with E-state index in [0.717, 1.165) is 19.4 Å². The third-order valence-electron chi connectivity index (χ3n) is 3.84. The van der Waals surface area contributed by atoms with Crippen LogP contribution in [0.5, 0.6) is 0 Å². The van der Waals surface area contributed by atoms with Crippen molar-refractivity contribution in [1.29, 1.82) is 0 Å². The Morgan fingerprint density at radius 1 is 1.45 bits per heavy atom. The summed E-state index contributed by atoms with van der Waals surface area (Å²) in [5.41, 5.74) is 6.71. The highest BCUT2D eigenvalue weighted by Gasteiger charge is 2.31. The van der Waals surface area contributed by atoms with Crippen LogP contribution >= 0.6 is 0 Å². The van der Waals surface area contributed by atoms with Gasteiger partial charge < -0.3 is 15.8 Å². The summed E-state index contributed by atoms with van der Waals surface area (Å²) in [6.45, 7) is 5.08. The summed E-state index contributed by atoms with van der Waals surface area (Å²) in [6, 6.07) is 7.21. The number of nitrogens with zero attached hydrogens (tertiary/aromatic N) is 2. The molecule has 0 spiro atoms. The van der Waals surface area contributed by atoms with Crippen molar-refractivity contribution in [2.75, 3.05) is 6.54 Å². The largest absolute Gasteiger partial charge is 0.409 e. The summed E-state index contributed by atoms with van der Waals surface area (Å²) in [6.07, 6.45) is 2.11. The van der Waals surface area contributed by atoms with E-state index in [1.807, 2.05) is 4.90 Å². The van der Waals surface area contributed by atoms with Crippen LogP contribution < -0.4 is 5.73 Å². The number of likely N-dealkylation sites (tertiary alicyclic amines) is 1. The summed E-state index contributed by atoms with van der Waals surface area (Å²) >= 11 is 0. The Hall–Kier alpha value is -2.04. The summed E-state index contributed by atoms with van der Waals surface area (Å²) in [4.78, 5) is 14.5. The fraction of sp³-hybridized carbons (Fsp3) is 0.467. The van der Waals surface area contributed by atoms with Crippen LogP contribution in [0.1, 0.15) is 42.6 Å². The first-order valence-corrected chi connectivity index (χ1v) is 6.93. The zero-order chi connectivity index (χ0) is 14.7. The maximum atomic E-state index is 12.6. The maximum Gasteiger partial charge on any atom is 0.254 e. The molecule has 0 aromatic heterocycles. The van der Waals surface area contributed by atoms with Crippen LogP contribution in [-0.2, 0) is 0 Å². The quantitative estimate of drug-likeness (QED) is 0.383. The predicted molar refractivity (Wildman–Crippen MR) is 77.8 cm³/mol. The fourth-order valence-electron chi connectivity index (χ4n) is 2.77. The topological polar surface area (TPSA) is 78.9 Å². The van der Waals surface area contributed by atoms with Gasteiger partial charge in [0.15, 0.2) is 5.84 Å². The number of nitrogens with two attached hydrogens (primary N) is 1. The molecule has 1 aliphatic heterocycles. The Labute approximate surface area is 119 Å². The number of oxime groups is 1. The van der Waals surface area contributed by atoms with Crippen molar-refractivity contribution < 1.29 is 10.0 Å². The van der Waals surface area contributed by atoms with E-state index in [9.17, 15) is 4.79 Å². The maximum absolute atomic E-state index is 12.6. The molecule has 20 heavy (non-hydrogen) atoms. The van der Waals surface area contributed by atoms with E-state index in [1.165, 1.54) is 0 Å². The lowest BCUT2D eigenvalue weighted by atomic mass is 10.0. The highest BCUT2D eigenvalue weighted by molar-refractivity contribution is 6.01. The van der Waals surface area contributed by atoms with Crippen LogP contribution in [0.3, 0.4) is 0 Å². The number of benzene rings is 1. The lowest BCUT2D eigenvalue weighted by Gasteiger charge is -2.27. The zero-order valence-corrected chi connectivity index (χ0v) is 11.9. The first kappa shape index (κ1) is 14.4. The summed E-state index contributed by atoms with van der Waals surface area (Å²) in [5, 5.41) is 11.7. The normalized spacial score (nSPS) is 19.6. The minimum Gasteiger partial charge on any atom is -0.409 e. The third kappa shape index (κ3) is 2.76. The van der Waals surface area contributed by atoms with Gasteiger partial charge in [0.1, 0.15) is 0 Å². The van der Waals surface area contributed by atoms with Crippen molar-refractivity contribution in [2.24, 2.45) is 16.8 Å². The first-order valence-electron chi connectivity index (χ1n) is 6.93. The number of carbonyl (C=O) groups is 1. The molecule has 3 N–H and O–H groups in total. The van der Waals surface area contributed by atoms with Gasteiger partial charge in [-0.3, -0.25) is 4.79 Å². The van der Waals surface area contributed by atoms with Gasteiger partial charge in [0, 0.05) is 23.7 Å². The van der Waals surface area contributed by atoms with Crippen molar-refractivity contribution in [3.8, 4) is 0 Å². The molecule has 1 aliphatic rings. The molecule has 1 fully saturated rings. The van der Waals surface area contributed by atoms with Gasteiger partial charge in [-0.15, -0.1) is 0 Å². The molecule has 1 amide bonds. The van der Waals surface area contributed by atoms with Crippen LogP contribution in [0.15, 0.2) is 29.4 Å². The number of hydrogen-bond acceptors (Lipinski definition) is 3. The SMILES string of the molecule is CC(C)C1CCCN1C(=O)c1cccc(C(N)=NO)c1. The summed E-state index contributed by atoms with van der Waals surface area (Å²) in [5.74, 6) is 0.490. The molecule has 0 radical (unpaired) electrons. The van der Waals surface area contributed by atoms with Crippen LogP contribution in [-0.4, -0.2) is 34.4 Å². The predicted octanol–water partition coefficient (Wildman–Crippen LogP) is 2.04. The lowest BCUT2D eigenvalue weighted by Crippen LogP contribution is -2.38. The Morgan fingerprint density at radius 3 is 2.80 bits per heavy atom. The molecule has 1 heterocycles. The monoisotopic (exact) mass is 275 g/mol. The average Bonchev–Trinajstić information content (AvgIpc) is 2.95. The van der Waals surface area contributed by atoms with E-state index >= 15 is 0 Å². The Morgan fingerprint density at radius 2 is 2.15 bits per heavy atom. The second kappa shape index (κ2) is 5.94. The Bertz CT molecular complexity index is 526. The minimum atomic E-state index is 0.0153. The van der Waals surface area contributed by atoms with E-state index in [0.29, 0.717) is 23.1 Å². The molecule has 2 rings (SSSR count). The van der Waals surface area contributed by atoms with Gasteiger partial charge in [-0.1, -0.05) is 31.1 Å². The van der Waals surface area contributed by atoms with Gasteiger partial charge in [0.2, 0.25) is 0 Å². The number of rotatable bonds is 3. The van der Waals surface area contributed by atoms with Gasteiger partial charge >= 0.3 is 0 Å². The molecule has 0 bridgehead atoms.